The maximum atomic E-state index is 11.9. The van der Waals surface area contributed by atoms with Gasteiger partial charge in [0, 0.05) is 11.3 Å². The molecule has 2 rings (SSSR count). The molecule has 0 atom stereocenters. The van der Waals surface area contributed by atoms with Gasteiger partial charge in [-0.25, -0.2) is 0 Å². The quantitative estimate of drug-likeness (QED) is 0.563. The van der Waals surface area contributed by atoms with Crippen LogP contribution in [-0.2, 0) is 0 Å². The highest BCUT2D eigenvalue weighted by atomic mass is 16.3. The molecule has 0 saturated heterocycles. The van der Waals surface area contributed by atoms with Crippen molar-refractivity contribution in [2.75, 3.05) is 11.1 Å². The first-order valence-corrected chi connectivity index (χ1v) is 5.50. The van der Waals surface area contributed by atoms with Gasteiger partial charge in [-0.1, -0.05) is 6.07 Å². The summed E-state index contributed by atoms with van der Waals surface area (Å²) >= 11 is 0. The Hall–Kier alpha value is -3.00. The molecule has 4 N–H and O–H groups in total. The summed E-state index contributed by atoms with van der Waals surface area (Å²) in [4.78, 5) is 11.9. The molecular formula is C14H11N3O2. The van der Waals surface area contributed by atoms with Gasteiger partial charge in [-0.3, -0.25) is 4.79 Å². The topological polar surface area (TPSA) is 99.1 Å². The van der Waals surface area contributed by atoms with E-state index in [9.17, 15) is 9.90 Å². The first-order valence-electron chi connectivity index (χ1n) is 5.50. The van der Waals surface area contributed by atoms with Crippen LogP contribution in [-0.4, -0.2) is 11.0 Å². The van der Waals surface area contributed by atoms with E-state index < -0.39 is 0 Å². The van der Waals surface area contributed by atoms with Crippen molar-refractivity contribution in [1.29, 1.82) is 5.26 Å². The average Bonchev–Trinajstić information content (AvgIpc) is 2.42. The van der Waals surface area contributed by atoms with Crippen molar-refractivity contribution in [1.82, 2.24) is 0 Å². The Bertz CT molecular complexity index is 675. The van der Waals surface area contributed by atoms with Crippen LogP contribution >= 0.6 is 0 Å². The highest BCUT2D eigenvalue weighted by molar-refractivity contribution is 6.04. The van der Waals surface area contributed by atoms with Crippen molar-refractivity contribution in [2.24, 2.45) is 0 Å². The van der Waals surface area contributed by atoms with Crippen LogP contribution in [0.2, 0.25) is 0 Å². The number of rotatable bonds is 2. The van der Waals surface area contributed by atoms with E-state index in [0.29, 0.717) is 11.3 Å². The molecule has 0 spiro atoms. The van der Waals surface area contributed by atoms with Gasteiger partial charge in [-0.15, -0.1) is 0 Å². The molecule has 0 aliphatic rings. The highest BCUT2D eigenvalue weighted by Gasteiger charge is 2.08. The number of carbonyl (C=O) groups excluding carboxylic acids is 1. The zero-order valence-corrected chi connectivity index (χ0v) is 9.92. The van der Waals surface area contributed by atoms with Crippen LogP contribution in [0, 0.1) is 11.3 Å². The van der Waals surface area contributed by atoms with E-state index in [2.05, 4.69) is 5.32 Å². The molecule has 5 nitrogen and oxygen atoms in total. The lowest BCUT2D eigenvalue weighted by atomic mass is 10.1. The maximum absolute atomic E-state index is 11.9. The van der Waals surface area contributed by atoms with E-state index in [0.717, 1.165) is 0 Å². The second-order valence-electron chi connectivity index (χ2n) is 3.92. The molecule has 2 aromatic carbocycles. The molecule has 0 aliphatic heterocycles. The lowest BCUT2D eigenvalue weighted by molar-refractivity contribution is 0.102. The number of nitrogen functional groups attached to an aromatic ring is 1. The average molecular weight is 253 g/mol. The standard InChI is InChI=1S/C14H11N3O2/c15-8-9-2-1-3-11(6-9)17-14(19)10-4-5-12(16)13(18)7-10/h1-7,18H,16H2,(H,17,19). The summed E-state index contributed by atoms with van der Waals surface area (Å²) in [6, 6.07) is 12.8. The lowest BCUT2D eigenvalue weighted by Crippen LogP contribution is -2.11. The molecule has 5 heteroatoms. The van der Waals surface area contributed by atoms with Gasteiger partial charge in [0.2, 0.25) is 0 Å². The number of benzene rings is 2. The number of carbonyl (C=O) groups is 1. The van der Waals surface area contributed by atoms with Crippen molar-refractivity contribution in [2.45, 2.75) is 0 Å². The fourth-order valence-electron chi connectivity index (χ4n) is 1.55. The third-order valence-electron chi connectivity index (χ3n) is 2.54. The van der Waals surface area contributed by atoms with E-state index in [1.807, 2.05) is 6.07 Å². The van der Waals surface area contributed by atoms with Crippen LogP contribution in [0.5, 0.6) is 5.75 Å². The van der Waals surface area contributed by atoms with Crippen LogP contribution in [0.25, 0.3) is 0 Å². The third kappa shape index (κ3) is 2.82. The number of nitrogens with one attached hydrogen (secondary N) is 1. The molecule has 0 aliphatic carbocycles. The first kappa shape index (κ1) is 12.5. The molecule has 0 saturated carbocycles. The van der Waals surface area contributed by atoms with Crippen molar-refractivity contribution < 1.29 is 9.90 Å². The molecule has 0 unspecified atom stereocenters. The summed E-state index contributed by atoms with van der Waals surface area (Å²) < 4.78 is 0. The van der Waals surface area contributed by atoms with Crippen LogP contribution < -0.4 is 11.1 Å². The monoisotopic (exact) mass is 253 g/mol. The number of hydrogen-bond donors (Lipinski definition) is 3. The minimum atomic E-state index is -0.384. The van der Waals surface area contributed by atoms with E-state index in [4.69, 9.17) is 11.0 Å². The number of phenols is 1. The second kappa shape index (κ2) is 5.10. The SMILES string of the molecule is N#Cc1cccc(NC(=O)c2ccc(N)c(O)c2)c1. The number of nitrogens with two attached hydrogens (primary N) is 1. The molecule has 0 fully saturated rings. The number of nitrogens with zero attached hydrogens (tertiary/aromatic N) is 1. The normalized spacial score (nSPS) is 9.63. The second-order valence-corrected chi connectivity index (χ2v) is 3.92. The van der Waals surface area contributed by atoms with E-state index in [1.54, 1.807) is 24.3 Å². The van der Waals surface area contributed by atoms with Gasteiger partial charge in [0.05, 0.1) is 17.3 Å². The van der Waals surface area contributed by atoms with Gasteiger partial charge in [0.25, 0.3) is 5.91 Å². The number of phenolic OH excluding ortho intramolecular Hbond substituents is 1. The fourth-order valence-corrected chi connectivity index (χ4v) is 1.55. The van der Waals surface area contributed by atoms with Crippen molar-refractivity contribution in [3.63, 3.8) is 0 Å². The predicted molar refractivity (Wildman–Crippen MR) is 71.6 cm³/mol. The van der Waals surface area contributed by atoms with Gasteiger partial charge >= 0.3 is 0 Å². The highest BCUT2D eigenvalue weighted by Crippen LogP contribution is 2.21. The lowest BCUT2D eigenvalue weighted by Gasteiger charge is -2.06. The van der Waals surface area contributed by atoms with Crippen LogP contribution in [0.1, 0.15) is 15.9 Å². The maximum Gasteiger partial charge on any atom is 0.255 e. The summed E-state index contributed by atoms with van der Waals surface area (Å²) in [5.74, 6) is -0.524. The smallest absolute Gasteiger partial charge is 0.255 e. The summed E-state index contributed by atoms with van der Waals surface area (Å²) in [7, 11) is 0. The Morgan fingerprint density at radius 2 is 2.05 bits per heavy atom. The van der Waals surface area contributed by atoms with E-state index >= 15 is 0 Å². The van der Waals surface area contributed by atoms with Gasteiger partial charge < -0.3 is 16.2 Å². The molecule has 0 heterocycles. The Morgan fingerprint density at radius 1 is 1.26 bits per heavy atom. The number of hydrogen-bond acceptors (Lipinski definition) is 4. The molecule has 2 aromatic rings. The molecule has 0 aromatic heterocycles. The van der Waals surface area contributed by atoms with Crippen molar-refractivity contribution in [3.8, 4) is 11.8 Å². The van der Waals surface area contributed by atoms with Gasteiger partial charge in [-0.05, 0) is 36.4 Å². The molecule has 1 amide bonds. The van der Waals surface area contributed by atoms with Crippen molar-refractivity contribution >= 4 is 17.3 Å². The Kier molecular flexibility index (Phi) is 3.35. The zero-order chi connectivity index (χ0) is 13.8. The largest absolute Gasteiger partial charge is 0.506 e. The van der Waals surface area contributed by atoms with Gasteiger partial charge in [-0.2, -0.15) is 5.26 Å². The Morgan fingerprint density at radius 3 is 2.74 bits per heavy atom. The van der Waals surface area contributed by atoms with E-state index in [-0.39, 0.29) is 22.9 Å². The van der Waals surface area contributed by atoms with Crippen LogP contribution in [0.15, 0.2) is 42.5 Å². The van der Waals surface area contributed by atoms with Gasteiger partial charge in [0.15, 0.2) is 0 Å². The first-order chi connectivity index (χ1) is 9.10. The third-order valence-corrected chi connectivity index (χ3v) is 2.54. The minimum Gasteiger partial charge on any atom is -0.506 e. The van der Waals surface area contributed by atoms with E-state index in [1.165, 1.54) is 18.2 Å². The number of anilines is 2. The molecule has 94 valence electrons. The summed E-state index contributed by atoms with van der Waals surface area (Å²) in [5.41, 5.74) is 6.93. The van der Waals surface area contributed by atoms with Crippen LogP contribution in [0.4, 0.5) is 11.4 Å². The summed E-state index contributed by atoms with van der Waals surface area (Å²) in [6.07, 6.45) is 0. The summed E-state index contributed by atoms with van der Waals surface area (Å²) in [6.45, 7) is 0. The van der Waals surface area contributed by atoms with Gasteiger partial charge in [0.1, 0.15) is 5.75 Å². The number of nitriles is 1. The Labute approximate surface area is 109 Å². The molecule has 0 radical (unpaired) electrons. The number of aromatic hydroxyl groups is 1. The van der Waals surface area contributed by atoms with Crippen LogP contribution in [0.3, 0.4) is 0 Å². The zero-order valence-electron chi connectivity index (χ0n) is 9.92. The summed E-state index contributed by atoms with van der Waals surface area (Å²) in [5, 5.41) is 20.9. The van der Waals surface area contributed by atoms with Crippen molar-refractivity contribution in [3.05, 3.63) is 53.6 Å². The fraction of sp³-hybridized carbons (Fsp3) is 0. The Balaban J connectivity index is 2.21. The number of amides is 1. The molecule has 19 heavy (non-hydrogen) atoms. The molecule has 0 bridgehead atoms. The minimum absolute atomic E-state index is 0.140. The predicted octanol–water partition coefficient (Wildman–Crippen LogP) is 2.10. The molecular weight excluding hydrogens is 242 g/mol.